The number of rotatable bonds is 3. The number of halogens is 1. The minimum absolute atomic E-state index is 0.0190. The maximum Gasteiger partial charge on any atom is 0.252 e. The maximum absolute atomic E-state index is 12.3. The van der Waals surface area contributed by atoms with Gasteiger partial charge in [0, 0.05) is 4.47 Å². The molecule has 0 radical (unpaired) electrons. The van der Waals surface area contributed by atoms with Crippen molar-refractivity contribution in [3.8, 4) is 0 Å². The lowest BCUT2D eigenvalue weighted by molar-refractivity contribution is 0.0939. The first-order valence-electron chi connectivity index (χ1n) is 6.61. The Morgan fingerprint density at radius 2 is 1.85 bits per heavy atom. The van der Waals surface area contributed by atoms with Gasteiger partial charge in [0.05, 0.1) is 11.6 Å². The van der Waals surface area contributed by atoms with E-state index >= 15 is 0 Å². The number of nitrogens with one attached hydrogen (secondary N) is 1. The zero-order valence-electron chi connectivity index (χ0n) is 11.9. The number of hydrogen-bond donors (Lipinski definition) is 1. The molecule has 0 fully saturated rings. The van der Waals surface area contributed by atoms with Crippen LogP contribution in [-0.4, -0.2) is 5.91 Å². The van der Waals surface area contributed by atoms with Crippen LogP contribution in [0.2, 0.25) is 0 Å². The van der Waals surface area contributed by atoms with Crippen LogP contribution >= 0.6 is 15.9 Å². The van der Waals surface area contributed by atoms with E-state index < -0.39 is 0 Å². The van der Waals surface area contributed by atoms with Gasteiger partial charge in [-0.05, 0) is 60.0 Å². The zero-order valence-corrected chi connectivity index (χ0v) is 13.5. The van der Waals surface area contributed by atoms with Crippen LogP contribution in [0, 0.1) is 13.8 Å². The highest BCUT2D eigenvalue weighted by Gasteiger charge is 2.14. The van der Waals surface area contributed by atoms with Crippen LogP contribution < -0.4 is 5.32 Å². The average Bonchev–Trinajstić information content (AvgIpc) is 2.41. The molecule has 2 aromatic carbocycles. The number of amides is 1. The standard InChI is InChI=1S/C17H18BrNO/c1-11-8-9-12(2)15(10-11)13(3)19-17(20)14-6-4-5-7-16(14)18/h4-10,13H,1-3H3,(H,19,20)/t13-/m0/s1. The van der Waals surface area contributed by atoms with E-state index in [0.717, 1.165) is 10.0 Å². The third-order valence-electron chi connectivity index (χ3n) is 3.37. The predicted octanol–water partition coefficient (Wildman–Crippen LogP) is 4.56. The maximum atomic E-state index is 12.3. The van der Waals surface area contributed by atoms with Crippen molar-refractivity contribution in [3.05, 3.63) is 69.2 Å². The molecule has 0 aliphatic rings. The van der Waals surface area contributed by atoms with E-state index in [1.807, 2.05) is 31.2 Å². The fourth-order valence-corrected chi connectivity index (χ4v) is 2.69. The predicted molar refractivity (Wildman–Crippen MR) is 85.9 cm³/mol. The summed E-state index contributed by atoms with van der Waals surface area (Å²) in [5.74, 6) is -0.0640. The molecular weight excluding hydrogens is 314 g/mol. The van der Waals surface area contributed by atoms with Gasteiger partial charge in [0.2, 0.25) is 0 Å². The Bertz CT molecular complexity index is 637. The van der Waals surface area contributed by atoms with Gasteiger partial charge in [-0.2, -0.15) is 0 Å². The van der Waals surface area contributed by atoms with Gasteiger partial charge < -0.3 is 5.32 Å². The normalized spacial score (nSPS) is 12.0. The van der Waals surface area contributed by atoms with Crippen LogP contribution in [0.1, 0.15) is 40.0 Å². The van der Waals surface area contributed by atoms with Crippen LogP contribution in [0.15, 0.2) is 46.9 Å². The first kappa shape index (κ1) is 14.8. The van der Waals surface area contributed by atoms with Gasteiger partial charge in [0.1, 0.15) is 0 Å². The van der Waals surface area contributed by atoms with E-state index in [1.54, 1.807) is 0 Å². The minimum Gasteiger partial charge on any atom is -0.345 e. The molecule has 0 heterocycles. The van der Waals surface area contributed by atoms with E-state index in [9.17, 15) is 4.79 Å². The molecule has 0 spiro atoms. The van der Waals surface area contributed by atoms with E-state index in [-0.39, 0.29) is 11.9 Å². The molecule has 0 aliphatic carbocycles. The highest BCUT2D eigenvalue weighted by Crippen LogP contribution is 2.21. The molecule has 1 atom stereocenters. The van der Waals surface area contributed by atoms with Crippen molar-refractivity contribution >= 4 is 21.8 Å². The number of carbonyl (C=O) groups is 1. The van der Waals surface area contributed by atoms with E-state index in [0.29, 0.717) is 5.56 Å². The number of aryl methyl sites for hydroxylation is 2. The lowest BCUT2D eigenvalue weighted by atomic mass is 10.00. The summed E-state index contributed by atoms with van der Waals surface area (Å²) in [6.07, 6.45) is 0. The molecule has 0 unspecified atom stereocenters. The van der Waals surface area contributed by atoms with Gasteiger partial charge in [0.15, 0.2) is 0 Å². The summed E-state index contributed by atoms with van der Waals surface area (Å²) in [7, 11) is 0. The Morgan fingerprint density at radius 1 is 1.15 bits per heavy atom. The van der Waals surface area contributed by atoms with Gasteiger partial charge in [-0.3, -0.25) is 4.79 Å². The van der Waals surface area contributed by atoms with E-state index in [1.165, 1.54) is 11.1 Å². The van der Waals surface area contributed by atoms with Crippen LogP contribution in [0.3, 0.4) is 0 Å². The Hall–Kier alpha value is -1.61. The molecule has 0 aliphatic heterocycles. The Kier molecular flexibility index (Phi) is 4.61. The number of carbonyl (C=O) groups excluding carboxylic acids is 1. The topological polar surface area (TPSA) is 29.1 Å². The van der Waals surface area contributed by atoms with Crippen molar-refractivity contribution in [1.29, 1.82) is 0 Å². The molecule has 0 bridgehead atoms. The molecule has 104 valence electrons. The molecule has 2 nitrogen and oxygen atoms in total. The van der Waals surface area contributed by atoms with Crippen molar-refractivity contribution in [2.45, 2.75) is 26.8 Å². The van der Waals surface area contributed by atoms with Crippen molar-refractivity contribution in [1.82, 2.24) is 5.32 Å². The molecule has 20 heavy (non-hydrogen) atoms. The molecule has 3 heteroatoms. The monoisotopic (exact) mass is 331 g/mol. The summed E-state index contributed by atoms with van der Waals surface area (Å²) in [6, 6.07) is 13.7. The van der Waals surface area contributed by atoms with Gasteiger partial charge in [-0.15, -0.1) is 0 Å². The molecule has 2 rings (SSSR count). The highest BCUT2D eigenvalue weighted by atomic mass is 79.9. The van der Waals surface area contributed by atoms with Crippen molar-refractivity contribution in [2.75, 3.05) is 0 Å². The third-order valence-corrected chi connectivity index (χ3v) is 4.06. The van der Waals surface area contributed by atoms with Crippen LogP contribution in [0.4, 0.5) is 0 Å². The summed E-state index contributed by atoms with van der Waals surface area (Å²) in [4.78, 5) is 12.3. The third kappa shape index (κ3) is 3.28. The Labute approximate surface area is 128 Å². The molecule has 0 aromatic heterocycles. The first-order chi connectivity index (χ1) is 9.49. The summed E-state index contributed by atoms with van der Waals surface area (Å²) in [5, 5.41) is 3.05. The van der Waals surface area contributed by atoms with E-state index in [4.69, 9.17) is 0 Å². The first-order valence-corrected chi connectivity index (χ1v) is 7.41. The summed E-state index contributed by atoms with van der Waals surface area (Å²) in [5.41, 5.74) is 4.21. The second-order valence-corrected chi connectivity index (χ2v) is 5.89. The SMILES string of the molecule is Cc1ccc(C)c([C@H](C)NC(=O)c2ccccc2Br)c1. The summed E-state index contributed by atoms with van der Waals surface area (Å²) in [6.45, 7) is 6.14. The molecule has 0 saturated heterocycles. The zero-order chi connectivity index (χ0) is 14.7. The number of benzene rings is 2. The largest absolute Gasteiger partial charge is 0.345 e. The minimum atomic E-state index is -0.0640. The van der Waals surface area contributed by atoms with Crippen LogP contribution in [0.25, 0.3) is 0 Å². The Morgan fingerprint density at radius 3 is 2.55 bits per heavy atom. The quantitative estimate of drug-likeness (QED) is 0.877. The molecule has 2 aromatic rings. The van der Waals surface area contributed by atoms with Crippen LogP contribution in [-0.2, 0) is 0 Å². The molecule has 1 N–H and O–H groups in total. The van der Waals surface area contributed by atoms with Gasteiger partial charge in [-0.1, -0.05) is 35.9 Å². The van der Waals surface area contributed by atoms with Gasteiger partial charge in [-0.25, -0.2) is 0 Å². The van der Waals surface area contributed by atoms with E-state index in [2.05, 4.69) is 53.3 Å². The lowest BCUT2D eigenvalue weighted by Crippen LogP contribution is -2.27. The summed E-state index contributed by atoms with van der Waals surface area (Å²) >= 11 is 3.41. The molecular formula is C17H18BrNO. The van der Waals surface area contributed by atoms with Crippen molar-refractivity contribution < 1.29 is 4.79 Å². The Balaban J connectivity index is 2.19. The number of hydrogen-bond acceptors (Lipinski definition) is 1. The summed E-state index contributed by atoms with van der Waals surface area (Å²) < 4.78 is 0.811. The highest BCUT2D eigenvalue weighted by molar-refractivity contribution is 9.10. The fraction of sp³-hybridized carbons (Fsp3) is 0.235. The molecule has 0 saturated carbocycles. The second kappa shape index (κ2) is 6.23. The average molecular weight is 332 g/mol. The van der Waals surface area contributed by atoms with Crippen molar-refractivity contribution in [2.24, 2.45) is 0 Å². The van der Waals surface area contributed by atoms with Crippen LogP contribution in [0.5, 0.6) is 0 Å². The molecule has 1 amide bonds. The van der Waals surface area contributed by atoms with Gasteiger partial charge in [0.25, 0.3) is 5.91 Å². The lowest BCUT2D eigenvalue weighted by Gasteiger charge is -2.17. The van der Waals surface area contributed by atoms with Gasteiger partial charge >= 0.3 is 0 Å². The fourth-order valence-electron chi connectivity index (χ4n) is 2.22. The second-order valence-electron chi connectivity index (χ2n) is 5.04. The van der Waals surface area contributed by atoms with Crippen molar-refractivity contribution in [3.63, 3.8) is 0 Å². The smallest absolute Gasteiger partial charge is 0.252 e.